The molecule has 180 valence electrons. The highest BCUT2D eigenvalue weighted by molar-refractivity contribution is 7.98. The number of carboxylic acids is 1. The number of halogens is 1. The Hall–Kier alpha value is -2.26. The van der Waals surface area contributed by atoms with E-state index in [-0.39, 0.29) is 22.2 Å². The van der Waals surface area contributed by atoms with Gasteiger partial charge in [-0.1, -0.05) is 26.7 Å². The first kappa shape index (κ1) is 25.4. The SMILES string of the molecule is CCCCC1(CC)CN(c2ccc(F)cc2)c2cc(SC)c(OCC(=O)O)cc2S(=O)(=O)C1. The molecule has 0 bridgehead atoms. The van der Waals surface area contributed by atoms with Crippen LogP contribution in [0, 0.1) is 11.2 Å². The molecule has 1 aliphatic heterocycles. The maximum atomic E-state index is 13.7. The first-order chi connectivity index (χ1) is 15.6. The summed E-state index contributed by atoms with van der Waals surface area (Å²) >= 11 is 1.35. The van der Waals surface area contributed by atoms with Gasteiger partial charge in [0.05, 0.1) is 21.2 Å². The summed E-state index contributed by atoms with van der Waals surface area (Å²) < 4.78 is 46.5. The number of hydrogen-bond acceptors (Lipinski definition) is 6. The van der Waals surface area contributed by atoms with Gasteiger partial charge >= 0.3 is 5.97 Å². The highest BCUT2D eigenvalue weighted by Crippen LogP contribution is 2.47. The molecule has 0 spiro atoms. The third-order valence-electron chi connectivity index (χ3n) is 6.16. The molecular formula is C24H30FNO5S2. The number of fused-ring (bicyclic) bond motifs is 1. The maximum absolute atomic E-state index is 13.7. The van der Waals surface area contributed by atoms with Gasteiger partial charge in [0.1, 0.15) is 11.6 Å². The van der Waals surface area contributed by atoms with Crippen molar-refractivity contribution in [3.8, 4) is 5.75 Å². The van der Waals surface area contributed by atoms with E-state index in [9.17, 15) is 17.6 Å². The Bertz CT molecular complexity index is 1100. The smallest absolute Gasteiger partial charge is 0.341 e. The number of benzene rings is 2. The van der Waals surface area contributed by atoms with Crippen molar-refractivity contribution >= 4 is 38.9 Å². The van der Waals surface area contributed by atoms with E-state index in [1.807, 2.05) is 18.1 Å². The lowest BCUT2D eigenvalue weighted by Gasteiger charge is -2.36. The standard InChI is InChI=1S/C24H30FNO5S2/c1-4-6-11-24(5-2)15-26(18-9-7-17(25)8-10-18)19-12-21(32-3)20(31-14-23(27)28)13-22(19)33(29,30)16-24/h7-10,12-13H,4-6,11,14-16H2,1-3H3,(H,27,28). The zero-order chi connectivity index (χ0) is 24.2. The first-order valence-corrected chi connectivity index (χ1v) is 13.8. The van der Waals surface area contributed by atoms with Crippen LogP contribution >= 0.6 is 11.8 Å². The van der Waals surface area contributed by atoms with Crippen molar-refractivity contribution in [3.63, 3.8) is 0 Å². The fraction of sp³-hybridized carbons (Fsp3) is 0.458. The van der Waals surface area contributed by atoms with Crippen LogP contribution in [-0.4, -0.2) is 44.7 Å². The molecule has 2 aromatic carbocycles. The minimum absolute atomic E-state index is 0.0157. The van der Waals surface area contributed by atoms with Crippen LogP contribution in [0.15, 0.2) is 46.2 Å². The molecule has 2 aromatic rings. The van der Waals surface area contributed by atoms with Gasteiger partial charge in [0.2, 0.25) is 0 Å². The van der Waals surface area contributed by atoms with Gasteiger partial charge in [0.15, 0.2) is 16.4 Å². The van der Waals surface area contributed by atoms with Crippen LogP contribution in [0.25, 0.3) is 0 Å². The predicted octanol–water partition coefficient (Wildman–Crippen LogP) is 5.52. The fourth-order valence-electron chi connectivity index (χ4n) is 4.29. The van der Waals surface area contributed by atoms with Crippen LogP contribution < -0.4 is 9.64 Å². The van der Waals surface area contributed by atoms with Gasteiger partial charge in [-0.3, -0.25) is 0 Å². The Labute approximate surface area is 199 Å². The second kappa shape index (κ2) is 10.3. The molecule has 1 atom stereocenters. The van der Waals surface area contributed by atoms with Crippen LogP contribution in [0.3, 0.4) is 0 Å². The summed E-state index contributed by atoms with van der Waals surface area (Å²) in [7, 11) is -3.72. The summed E-state index contributed by atoms with van der Waals surface area (Å²) in [5.74, 6) is -1.30. The average molecular weight is 496 g/mol. The van der Waals surface area contributed by atoms with E-state index in [4.69, 9.17) is 9.84 Å². The van der Waals surface area contributed by atoms with Crippen molar-refractivity contribution in [2.24, 2.45) is 5.41 Å². The number of hydrogen-bond donors (Lipinski definition) is 1. The van der Waals surface area contributed by atoms with Gasteiger partial charge in [-0.15, -0.1) is 11.8 Å². The van der Waals surface area contributed by atoms with E-state index < -0.39 is 27.8 Å². The molecule has 0 aliphatic carbocycles. The van der Waals surface area contributed by atoms with Gasteiger partial charge in [0.25, 0.3) is 0 Å². The van der Waals surface area contributed by atoms with E-state index >= 15 is 0 Å². The Morgan fingerprint density at radius 1 is 1.24 bits per heavy atom. The Kier molecular flexibility index (Phi) is 7.95. The number of aliphatic carboxylic acids is 1. The zero-order valence-electron chi connectivity index (χ0n) is 19.1. The highest BCUT2D eigenvalue weighted by atomic mass is 32.2. The van der Waals surface area contributed by atoms with Crippen molar-refractivity contribution < 1.29 is 27.4 Å². The number of carboxylic acid groups (broad SMARTS) is 1. The van der Waals surface area contributed by atoms with Crippen molar-refractivity contribution in [2.45, 2.75) is 49.3 Å². The monoisotopic (exact) mass is 495 g/mol. The first-order valence-electron chi connectivity index (χ1n) is 11.0. The summed E-state index contributed by atoms with van der Waals surface area (Å²) in [6.45, 7) is 4.00. The number of ether oxygens (including phenoxy) is 1. The molecule has 0 aromatic heterocycles. The van der Waals surface area contributed by atoms with Crippen LogP contribution in [0.4, 0.5) is 15.8 Å². The molecular weight excluding hydrogens is 465 g/mol. The lowest BCUT2D eigenvalue weighted by Crippen LogP contribution is -2.37. The molecule has 3 rings (SSSR count). The third kappa shape index (κ3) is 5.63. The van der Waals surface area contributed by atoms with Crippen molar-refractivity contribution in [2.75, 3.05) is 30.1 Å². The molecule has 1 unspecified atom stereocenters. The Balaban J connectivity index is 2.24. The molecule has 1 N–H and O–H groups in total. The number of anilines is 2. The molecule has 1 heterocycles. The maximum Gasteiger partial charge on any atom is 0.341 e. The summed E-state index contributed by atoms with van der Waals surface area (Å²) in [6, 6.07) is 9.24. The van der Waals surface area contributed by atoms with E-state index in [1.165, 1.54) is 30.0 Å². The van der Waals surface area contributed by atoms with Gasteiger partial charge in [-0.2, -0.15) is 0 Å². The highest BCUT2D eigenvalue weighted by Gasteiger charge is 2.42. The molecule has 9 heteroatoms. The number of rotatable bonds is 9. The van der Waals surface area contributed by atoms with Crippen molar-refractivity contribution in [3.05, 3.63) is 42.2 Å². The average Bonchev–Trinajstić information content (AvgIpc) is 2.88. The minimum Gasteiger partial charge on any atom is -0.481 e. The summed E-state index contributed by atoms with van der Waals surface area (Å²) in [5.41, 5.74) is 0.722. The largest absolute Gasteiger partial charge is 0.481 e. The second-order valence-corrected chi connectivity index (χ2v) is 11.2. The fourth-order valence-corrected chi connectivity index (χ4v) is 7.02. The molecule has 0 amide bonds. The molecule has 33 heavy (non-hydrogen) atoms. The molecule has 1 aliphatic rings. The summed E-state index contributed by atoms with van der Waals surface area (Å²) in [5, 5.41) is 9.03. The normalized spacial score (nSPS) is 19.6. The third-order valence-corrected chi connectivity index (χ3v) is 8.91. The van der Waals surface area contributed by atoms with E-state index in [1.54, 1.807) is 18.2 Å². The number of sulfone groups is 1. The number of unbranched alkanes of at least 4 members (excludes halogenated alkanes) is 1. The quantitative estimate of drug-likeness (QED) is 0.458. The summed E-state index contributed by atoms with van der Waals surface area (Å²) in [6.07, 6.45) is 5.10. The van der Waals surface area contributed by atoms with Crippen molar-refractivity contribution in [1.29, 1.82) is 0 Å². The minimum atomic E-state index is -3.72. The van der Waals surface area contributed by atoms with Crippen LogP contribution in [0.1, 0.15) is 39.5 Å². The number of carbonyl (C=O) groups is 1. The van der Waals surface area contributed by atoms with Gasteiger partial charge in [0, 0.05) is 23.7 Å². The molecule has 6 nitrogen and oxygen atoms in total. The van der Waals surface area contributed by atoms with Gasteiger partial charge < -0.3 is 14.7 Å². The Morgan fingerprint density at radius 2 is 1.94 bits per heavy atom. The lowest BCUT2D eigenvalue weighted by molar-refractivity contribution is -0.139. The molecule has 0 saturated heterocycles. The second-order valence-electron chi connectivity index (χ2n) is 8.43. The Morgan fingerprint density at radius 3 is 2.52 bits per heavy atom. The summed E-state index contributed by atoms with van der Waals surface area (Å²) in [4.78, 5) is 13.7. The number of thioether (sulfide) groups is 1. The van der Waals surface area contributed by atoms with Gasteiger partial charge in [-0.05, 0) is 49.4 Å². The predicted molar refractivity (Wildman–Crippen MR) is 129 cm³/mol. The molecule has 0 saturated carbocycles. The number of nitrogens with zero attached hydrogens (tertiary/aromatic N) is 1. The van der Waals surface area contributed by atoms with Gasteiger partial charge in [-0.25, -0.2) is 17.6 Å². The van der Waals surface area contributed by atoms with Crippen LogP contribution in [0.2, 0.25) is 0 Å². The lowest BCUT2D eigenvalue weighted by atomic mass is 9.81. The van der Waals surface area contributed by atoms with E-state index in [0.717, 1.165) is 19.3 Å². The van der Waals surface area contributed by atoms with Crippen molar-refractivity contribution in [1.82, 2.24) is 0 Å². The van der Waals surface area contributed by atoms with E-state index in [2.05, 4.69) is 6.92 Å². The topological polar surface area (TPSA) is 83.9 Å². The van der Waals surface area contributed by atoms with E-state index in [0.29, 0.717) is 29.2 Å². The molecule has 0 fully saturated rings. The molecule has 0 radical (unpaired) electrons. The van der Waals surface area contributed by atoms with Crippen LogP contribution in [0.5, 0.6) is 5.75 Å². The zero-order valence-corrected chi connectivity index (χ0v) is 20.8. The van der Waals surface area contributed by atoms with Crippen LogP contribution in [-0.2, 0) is 14.6 Å².